The first-order chi connectivity index (χ1) is 12.6. The van der Waals surface area contributed by atoms with Gasteiger partial charge in [-0.05, 0) is 38.1 Å². The second-order valence-corrected chi connectivity index (χ2v) is 7.22. The summed E-state index contributed by atoms with van der Waals surface area (Å²) >= 11 is 1.46. The molecule has 0 saturated carbocycles. The Morgan fingerprint density at radius 1 is 0.846 bits per heavy atom. The number of pyridine rings is 2. The van der Waals surface area contributed by atoms with Gasteiger partial charge in [-0.1, -0.05) is 47.2 Å². The van der Waals surface area contributed by atoms with Gasteiger partial charge < -0.3 is 5.73 Å². The molecule has 0 radical (unpaired) electrons. The van der Waals surface area contributed by atoms with Crippen LogP contribution in [0.4, 0.5) is 5.13 Å². The minimum atomic E-state index is 0.534. The van der Waals surface area contributed by atoms with E-state index < -0.39 is 0 Å². The van der Waals surface area contributed by atoms with Crippen molar-refractivity contribution in [2.75, 3.05) is 5.73 Å². The van der Waals surface area contributed by atoms with Crippen molar-refractivity contribution < 1.29 is 0 Å². The van der Waals surface area contributed by atoms with Crippen molar-refractivity contribution in [3.63, 3.8) is 0 Å². The summed E-state index contributed by atoms with van der Waals surface area (Å²) in [5.74, 6) is 0. The molecule has 0 saturated heterocycles. The van der Waals surface area contributed by atoms with E-state index in [-0.39, 0.29) is 0 Å². The van der Waals surface area contributed by atoms with E-state index in [2.05, 4.69) is 52.2 Å². The third-order valence-electron chi connectivity index (χ3n) is 4.15. The number of thiazole rings is 1. The zero-order valence-corrected chi connectivity index (χ0v) is 15.4. The fourth-order valence-electron chi connectivity index (χ4n) is 2.84. The molecule has 3 heterocycles. The lowest BCUT2D eigenvalue weighted by molar-refractivity contribution is 1.21. The number of aromatic nitrogens is 3. The van der Waals surface area contributed by atoms with Crippen molar-refractivity contribution in [3.05, 3.63) is 72.1 Å². The highest BCUT2D eigenvalue weighted by atomic mass is 32.1. The van der Waals surface area contributed by atoms with Crippen LogP contribution in [-0.4, -0.2) is 15.0 Å². The molecule has 0 aliphatic heterocycles. The van der Waals surface area contributed by atoms with E-state index in [0.717, 1.165) is 38.8 Å². The maximum absolute atomic E-state index is 6.02. The van der Waals surface area contributed by atoms with Gasteiger partial charge in [0.15, 0.2) is 5.13 Å². The normalized spacial score (nSPS) is 10.8. The average Bonchev–Trinajstić information content (AvgIpc) is 3.04. The van der Waals surface area contributed by atoms with Crippen molar-refractivity contribution in [2.45, 2.75) is 13.8 Å². The van der Waals surface area contributed by atoms with Gasteiger partial charge in [0.1, 0.15) is 0 Å². The van der Waals surface area contributed by atoms with Crippen LogP contribution in [0.1, 0.15) is 11.3 Å². The van der Waals surface area contributed by atoms with E-state index in [1.165, 1.54) is 16.9 Å². The van der Waals surface area contributed by atoms with Crippen molar-refractivity contribution in [1.82, 2.24) is 15.0 Å². The summed E-state index contributed by atoms with van der Waals surface area (Å²) in [6, 6.07) is 18.3. The van der Waals surface area contributed by atoms with E-state index >= 15 is 0 Å². The first kappa shape index (κ1) is 16.4. The van der Waals surface area contributed by atoms with E-state index in [0.29, 0.717) is 5.13 Å². The van der Waals surface area contributed by atoms with Crippen LogP contribution < -0.4 is 5.73 Å². The van der Waals surface area contributed by atoms with Gasteiger partial charge >= 0.3 is 0 Å². The molecule has 4 nitrogen and oxygen atoms in total. The Balaban J connectivity index is 1.82. The van der Waals surface area contributed by atoms with Gasteiger partial charge in [0, 0.05) is 23.0 Å². The van der Waals surface area contributed by atoms with Crippen LogP contribution in [0.15, 0.2) is 60.8 Å². The second-order valence-electron chi connectivity index (χ2n) is 6.19. The fourth-order valence-corrected chi connectivity index (χ4v) is 3.66. The van der Waals surface area contributed by atoms with Gasteiger partial charge in [0.25, 0.3) is 0 Å². The fraction of sp³-hybridized carbons (Fsp3) is 0.0952. The third-order valence-corrected chi connectivity index (χ3v) is 5.05. The Bertz CT molecular complexity index is 1070. The van der Waals surface area contributed by atoms with E-state index in [1.807, 2.05) is 37.4 Å². The Labute approximate surface area is 156 Å². The van der Waals surface area contributed by atoms with E-state index in [9.17, 15) is 0 Å². The first-order valence-electron chi connectivity index (χ1n) is 8.34. The van der Waals surface area contributed by atoms with Crippen LogP contribution in [0.5, 0.6) is 0 Å². The quantitative estimate of drug-likeness (QED) is 0.551. The van der Waals surface area contributed by atoms with Gasteiger partial charge in [-0.3, -0.25) is 9.97 Å². The number of aryl methyl sites for hydroxylation is 2. The van der Waals surface area contributed by atoms with Gasteiger partial charge in [-0.25, -0.2) is 4.98 Å². The zero-order valence-electron chi connectivity index (χ0n) is 14.6. The van der Waals surface area contributed by atoms with Crippen molar-refractivity contribution in [1.29, 1.82) is 0 Å². The minimum absolute atomic E-state index is 0.534. The minimum Gasteiger partial charge on any atom is -0.375 e. The van der Waals surface area contributed by atoms with Crippen LogP contribution in [0.25, 0.3) is 33.1 Å². The highest BCUT2D eigenvalue weighted by Gasteiger charge is 2.16. The molecule has 0 atom stereocenters. The topological polar surface area (TPSA) is 64.7 Å². The van der Waals surface area contributed by atoms with E-state index in [1.54, 1.807) is 0 Å². The SMILES string of the molecule is Cc1ccc(-c2cc(-c3nc(N)sc3-c3cccc(C)n3)ccn2)cc1. The van der Waals surface area contributed by atoms with Crippen LogP contribution >= 0.6 is 11.3 Å². The highest BCUT2D eigenvalue weighted by Crippen LogP contribution is 2.37. The summed E-state index contributed by atoms with van der Waals surface area (Å²) < 4.78 is 0. The molecule has 2 N–H and O–H groups in total. The smallest absolute Gasteiger partial charge is 0.181 e. The van der Waals surface area contributed by atoms with Gasteiger partial charge in [0.05, 0.1) is 22.0 Å². The molecule has 3 aromatic heterocycles. The summed E-state index contributed by atoms with van der Waals surface area (Å²) in [6.07, 6.45) is 1.81. The molecule has 0 fully saturated rings. The third kappa shape index (κ3) is 3.21. The summed E-state index contributed by atoms with van der Waals surface area (Å²) in [7, 11) is 0. The molecule has 0 aliphatic rings. The summed E-state index contributed by atoms with van der Waals surface area (Å²) in [6.45, 7) is 4.06. The summed E-state index contributed by atoms with van der Waals surface area (Å²) in [5, 5.41) is 0.534. The maximum Gasteiger partial charge on any atom is 0.181 e. The van der Waals surface area contributed by atoms with Crippen molar-refractivity contribution >= 4 is 16.5 Å². The second kappa shape index (κ2) is 6.69. The predicted molar refractivity (Wildman–Crippen MR) is 108 cm³/mol. The molecular weight excluding hydrogens is 340 g/mol. The number of anilines is 1. The Morgan fingerprint density at radius 2 is 1.65 bits per heavy atom. The lowest BCUT2D eigenvalue weighted by Gasteiger charge is -2.06. The van der Waals surface area contributed by atoms with Gasteiger partial charge in [0.2, 0.25) is 0 Å². The number of nitrogens with two attached hydrogens (primary N) is 1. The summed E-state index contributed by atoms with van der Waals surface area (Å²) in [5.41, 5.74) is 12.9. The monoisotopic (exact) mass is 358 g/mol. The number of hydrogen-bond acceptors (Lipinski definition) is 5. The van der Waals surface area contributed by atoms with Crippen LogP contribution in [-0.2, 0) is 0 Å². The average molecular weight is 358 g/mol. The molecule has 4 aromatic rings. The Morgan fingerprint density at radius 3 is 2.42 bits per heavy atom. The lowest BCUT2D eigenvalue weighted by Crippen LogP contribution is -1.90. The molecule has 0 aliphatic carbocycles. The molecule has 5 heteroatoms. The lowest BCUT2D eigenvalue weighted by atomic mass is 10.1. The number of rotatable bonds is 3. The van der Waals surface area contributed by atoms with Crippen LogP contribution in [0.3, 0.4) is 0 Å². The van der Waals surface area contributed by atoms with Gasteiger partial charge in [-0.2, -0.15) is 0 Å². The molecular formula is C21H18N4S. The number of benzene rings is 1. The Hall–Kier alpha value is -3.05. The van der Waals surface area contributed by atoms with Crippen LogP contribution in [0, 0.1) is 13.8 Å². The molecule has 0 amide bonds. The number of hydrogen-bond donors (Lipinski definition) is 1. The maximum atomic E-state index is 6.02. The summed E-state index contributed by atoms with van der Waals surface area (Å²) in [4.78, 5) is 14.7. The molecule has 1 aromatic carbocycles. The highest BCUT2D eigenvalue weighted by molar-refractivity contribution is 7.19. The standard InChI is InChI=1S/C21H18N4S/c1-13-6-8-15(9-7-13)18-12-16(10-11-23-18)19-20(26-21(22)25-19)17-5-3-4-14(2)24-17/h3-12H,1-2H3,(H2,22,25). The molecule has 0 bridgehead atoms. The number of nitrogen functional groups attached to an aromatic ring is 1. The van der Waals surface area contributed by atoms with Crippen molar-refractivity contribution in [2.24, 2.45) is 0 Å². The number of nitrogens with zero attached hydrogens (tertiary/aromatic N) is 3. The zero-order chi connectivity index (χ0) is 18.1. The largest absolute Gasteiger partial charge is 0.375 e. The Kier molecular flexibility index (Phi) is 4.22. The molecule has 4 rings (SSSR count). The molecule has 0 spiro atoms. The van der Waals surface area contributed by atoms with Crippen molar-refractivity contribution in [3.8, 4) is 33.1 Å². The molecule has 0 unspecified atom stereocenters. The van der Waals surface area contributed by atoms with Gasteiger partial charge in [-0.15, -0.1) is 0 Å². The predicted octanol–water partition coefficient (Wildman–Crippen LogP) is 5.13. The molecule has 128 valence electrons. The van der Waals surface area contributed by atoms with E-state index in [4.69, 9.17) is 5.73 Å². The van der Waals surface area contributed by atoms with Crippen LogP contribution in [0.2, 0.25) is 0 Å². The molecule has 26 heavy (non-hydrogen) atoms. The first-order valence-corrected chi connectivity index (χ1v) is 9.15.